The summed E-state index contributed by atoms with van der Waals surface area (Å²) >= 11 is 0. The normalized spacial score (nSPS) is 22.3. The van der Waals surface area contributed by atoms with Gasteiger partial charge in [-0.15, -0.1) is 0 Å². The Morgan fingerprint density at radius 3 is 2.62 bits per heavy atom. The van der Waals surface area contributed by atoms with Crippen molar-refractivity contribution in [3.63, 3.8) is 0 Å². The van der Waals surface area contributed by atoms with Crippen LogP contribution < -0.4 is 5.73 Å². The van der Waals surface area contributed by atoms with Crippen molar-refractivity contribution in [2.75, 3.05) is 19.6 Å². The van der Waals surface area contributed by atoms with Crippen LogP contribution in [0.15, 0.2) is 18.2 Å². The molecule has 1 aromatic rings. The molecule has 0 bridgehead atoms. The highest BCUT2D eigenvalue weighted by Crippen LogP contribution is 2.33. The van der Waals surface area contributed by atoms with Crippen LogP contribution in [-0.4, -0.2) is 30.7 Å². The second-order valence-corrected chi connectivity index (χ2v) is 5.41. The molecular formula is C14H17F5N2. The zero-order chi connectivity index (χ0) is 15.6. The van der Waals surface area contributed by atoms with Crippen molar-refractivity contribution < 1.29 is 22.0 Å². The molecule has 0 aromatic heterocycles. The fraction of sp³-hybridized carbons (Fsp3) is 0.571. The summed E-state index contributed by atoms with van der Waals surface area (Å²) in [5.41, 5.74) is 5.96. The molecule has 2 atom stereocenters. The first kappa shape index (κ1) is 16.2. The number of hydrogen-bond donors (Lipinski definition) is 1. The van der Waals surface area contributed by atoms with Crippen LogP contribution in [0.3, 0.4) is 0 Å². The second kappa shape index (κ2) is 6.27. The van der Waals surface area contributed by atoms with Crippen molar-refractivity contribution in [3.05, 3.63) is 35.4 Å². The lowest BCUT2D eigenvalue weighted by Gasteiger charge is -2.35. The average Bonchev–Trinajstić information content (AvgIpc) is 2.37. The third kappa shape index (κ3) is 4.14. The van der Waals surface area contributed by atoms with E-state index >= 15 is 0 Å². The van der Waals surface area contributed by atoms with Crippen molar-refractivity contribution in [2.45, 2.75) is 25.1 Å². The SMILES string of the molecule is NC(CN1CCCC(C(F)(F)F)C1)c1ccc(F)cc1F. The summed E-state index contributed by atoms with van der Waals surface area (Å²) in [5, 5.41) is 0. The van der Waals surface area contributed by atoms with Crippen LogP contribution in [-0.2, 0) is 0 Å². The van der Waals surface area contributed by atoms with Crippen molar-refractivity contribution in [3.8, 4) is 0 Å². The van der Waals surface area contributed by atoms with Crippen LogP contribution >= 0.6 is 0 Å². The molecule has 0 spiro atoms. The molecule has 1 aliphatic rings. The Labute approximate surface area is 119 Å². The molecule has 2 rings (SSSR count). The first-order valence-corrected chi connectivity index (χ1v) is 6.77. The number of rotatable bonds is 3. The largest absolute Gasteiger partial charge is 0.393 e. The topological polar surface area (TPSA) is 29.3 Å². The fourth-order valence-electron chi connectivity index (χ4n) is 2.67. The molecule has 2 N–H and O–H groups in total. The summed E-state index contributed by atoms with van der Waals surface area (Å²) in [5.74, 6) is -2.85. The van der Waals surface area contributed by atoms with Gasteiger partial charge in [-0.1, -0.05) is 6.07 Å². The first-order valence-electron chi connectivity index (χ1n) is 6.77. The zero-order valence-corrected chi connectivity index (χ0v) is 11.3. The van der Waals surface area contributed by atoms with Gasteiger partial charge in [0.15, 0.2) is 0 Å². The van der Waals surface area contributed by atoms with Crippen molar-refractivity contribution in [2.24, 2.45) is 11.7 Å². The van der Waals surface area contributed by atoms with Crippen LogP contribution in [0.25, 0.3) is 0 Å². The number of alkyl halides is 3. The Hall–Kier alpha value is -1.21. The number of hydrogen-bond acceptors (Lipinski definition) is 2. The lowest BCUT2D eigenvalue weighted by Crippen LogP contribution is -2.44. The molecule has 1 aromatic carbocycles. The molecule has 0 aliphatic carbocycles. The highest BCUT2D eigenvalue weighted by Gasteiger charge is 2.41. The van der Waals surface area contributed by atoms with Gasteiger partial charge in [0.05, 0.1) is 5.92 Å². The maximum atomic E-state index is 13.6. The van der Waals surface area contributed by atoms with E-state index < -0.39 is 29.8 Å². The van der Waals surface area contributed by atoms with Crippen molar-refractivity contribution >= 4 is 0 Å². The molecule has 2 nitrogen and oxygen atoms in total. The monoisotopic (exact) mass is 308 g/mol. The lowest BCUT2D eigenvalue weighted by molar-refractivity contribution is -0.186. The average molecular weight is 308 g/mol. The van der Waals surface area contributed by atoms with Crippen molar-refractivity contribution in [1.82, 2.24) is 4.90 Å². The Bertz CT molecular complexity index is 489. The van der Waals surface area contributed by atoms with Gasteiger partial charge in [0, 0.05) is 30.8 Å². The van der Waals surface area contributed by atoms with E-state index in [1.165, 1.54) is 6.07 Å². The van der Waals surface area contributed by atoms with Crippen molar-refractivity contribution in [1.29, 1.82) is 0 Å². The van der Waals surface area contributed by atoms with Crippen LogP contribution in [0.4, 0.5) is 22.0 Å². The van der Waals surface area contributed by atoms with Crippen LogP contribution in [0.1, 0.15) is 24.4 Å². The zero-order valence-electron chi connectivity index (χ0n) is 11.3. The number of benzene rings is 1. The molecule has 21 heavy (non-hydrogen) atoms. The molecule has 1 fully saturated rings. The Balaban J connectivity index is 2.00. The number of piperidine rings is 1. The van der Waals surface area contributed by atoms with Gasteiger partial charge < -0.3 is 10.6 Å². The number of halogens is 5. The van der Waals surface area contributed by atoms with Gasteiger partial charge in [0.1, 0.15) is 11.6 Å². The summed E-state index contributed by atoms with van der Waals surface area (Å²) in [4.78, 5) is 1.59. The summed E-state index contributed by atoms with van der Waals surface area (Å²) in [6, 6.07) is 2.27. The third-order valence-electron chi connectivity index (χ3n) is 3.79. The Morgan fingerprint density at radius 1 is 1.29 bits per heavy atom. The lowest BCUT2D eigenvalue weighted by atomic mass is 9.96. The molecular weight excluding hydrogens is 291 g/mol. The quantitative estimate of drug-likeness (QED) is 0.869. The maximum absolute atomic E-state index is 13.6. The summed E-state index contributed by atoms with van der Waals surface area (Å²) in [7, 11) is 0. The molecule has 118 valence electrons. The van der Waals surface area contributed by atoms with E-state index in [0.29, 0.717) is 13.0 Å². The van der Waals surface area contributed by atoms with Gasteiger partial charge in [-0.2, -0.15) is 13.2 Å². The van der Waals surface area contributed by atoms with E-state index in [4.69, 9.17) is 5.73 Å². The smallest absolute Gasteiger partial charge is 0.323 e. The van der Waals surface area contributed by atoms with E-state index in [1.807, 2.05) is 0 Å². The van der Waals surface area contributed by atoms with E-state index in [-0.39, 0.29) is 25.1 Å². The number of nitrogens with two attached hydrogens (primary N) is 1. The fourth-order valence-corrected chi connectivity index (χ4v) is 2.67. The van der Waals surface area contributed by atoms with E-state index in [9.17, 15) is 22.0 Å². The van der Waals surface area contributed by atoms with Gasteiger partial charge in [-0.3, -0.25) is 0 Å². The summed E-state index contributed by atoms with van der Waals surface area (Å²) in [6.07, 6.45) is -3.67. The molecule has 1 heterocycles. The van der Waals surface area contributed by atoms with Gasteiger partial charge in [0.2, 0.25) is 0 Å². The Kier molecular flexibility index (Phi) is 4.83. The minimum absolute atomic E-state index is 0.111. The number of nitrogens with zero attached hydrogens (tertiary/aromatic N) is 1. The molecule has 1 aliphatic heterocycles. The van der Waals surface area contributed by atoms with Gasteiger partial charge in [-0.05, 0) is 25.5 Å². The highest BCUT2D eigenvalue weighted by atomic mass is 19.4. The predicted molar refractivity (Wildman–Crippen MR) is 68.5 cm³/mol. The van der Waals surface area contributed by atoms with Crippen LogP contribution in [0.2, 0.25) is 0 Å². The minimum Gasteiger partial charge on any atom is -0.323 e. The second-order valence-electron chi connectivity index (χ2n) is 5.41. The molecule has 7 heteroatoms. The van der Waals surface area contributed by atoms with Gasteiger partial charge in [0.25, 0.3) is 0 Å². The third-order valence-corrected chi connectivity index (χ3v) is 3.79. The first-order chi connectivity index (χ1) is 9.77. The summed E-state index contributed by atoms with van der Waals surface area (Å²) < 4.78 is 64.6. The van der Waals surface area contributed by atoms with E-state index in [2.05, 4.69) is 0 Å². The maximum Gasteiger partial charge on any atom is 0.393 e. The predicted octanol–water partition coefficient (Wildman–Crippen LogP) is 3.24. The standard InChI is InChI=1S/C14H17F5N2/c15-10-3-4-11(12(16)6-10)13(20)8-21-5-1-2-9(7-21)14(17,18)19/h3-4,6,9,13H,1-2,5,7-8,20H2. The molecule has 0 radical (unpaired) electrons. The summed E-state index contributed by atoms with van der Waals surface area (Å²) in [6.45, 7) is 0.498. The van der Waals surface area contributed by atoms with Gasteiger partial charge >= 0.3 is 6.18 Å². The molecule has 0 amide bonds. The minimum atomic E-state index is -4.22. The van der Waals surface area contributed by atoms with E-state index in [0.717, 1.165) is 12.1 Å². The van der Waals surface area contributed by atoms with Crippen LogP contribution in [0, 0.1) is 17.6 Å². The molecule has 2 unspecified atom stereocenters. The number of likely N-dealkylation sites (tertiary alicyclic amines) is 1. The molecule has 0 saturated carbocycles. The highest BCUT2D eigenvalue weighted by molar-refractivity contribution is 5.22. The van der Waals surface area contributed by atoms with Crippen LogP contribution in [0.5, 0.6) is 0 Å². The van der Waals surface area contributed by atoms with Gasteiger partial charge in [-0.25, -0.2) is 8.78 Å². The Morgan fingerprint density at radius 2 is 2.00 bits per heavy atom. The molecule has 1 saturated heterocycles. The van der Waals surface area contributed by atoms with E-state index in [1.54, 1.807) is 4.90 Å².